The first-order valence-corrected chi connectivity index (χ1v) is 6.78. The molecule has 0 saturated heterocycles. The smallest absolute Gasteiger partial charge is 0.340 e. The Kier molecular flexibility index (Phi) is 3.12. The van der Waals surface area contributed by atoms with Crippen molar-refractivity contribution in [2.45, 2.75) is 20.8 Å². The summed E-state index contributed by atoms with van der Waals surface area (Å²) < 4.78 is 18.5. The fourth-order valence-electron chi connectivity index (χ4n) is 2.70. The van der Waals surface area contributed by atoms with Crippen LogP contribution in [0.5, 0.6) is 0 Å². The van der Waals surface area contributed by atoms with E-state index in [1.54, 1.807) is 19.9 Å². The highest BCUT2D eigenvalue weighted by Crippen LogP contribution is 2.32. The maximum Gasteiger partial charge on any atom is 0.340 e. The molecule has 0 saturated carbocycles. The van der Waals surface area contributed by atoms with E-state index in [2.05, 4.69) is 9.97 Å². The van der Waals surface area contributed by atoms with Gasteiger partial charge in [0.15, 0.2) is 0 Å². The lowest BCUT2D eigenvalue weighted by atomic mass is 10.0. The molecular formula is C16H15FN2O2. The number of aryl methyl sites for hydroxylation is 2. The summed E-state index contributed by atoms with van der Waals surface area (Å²) >= 11 is 0. The largest absolute Gasteiger partial charge is 0.462 e. The van der Waals surface area contributed by atoms with Crippen molar-refractivity contribution in [3.05, 3.63) is 41.0 Å². The summed E-state index contributed by atoms with van der Waals surface area (Å²) in [5.41, 5.74) is 3.21. The molecule has 0 unspecified atom stereocenters. The van der Waals surface area contributed by atoms with E-state index < -0.39 is 5.97 Å². The van der Waals surface area contributed by atoms with Gasteiger partial charge in [0.25, 0.3) is 0 Å². The zero-order valence-electron chi connectivity index (χ0n) is 12.1. The molecule has 0 aliphatic rings. The Hall–Kier alpha value is -2.43. The fraction of sp³-hybridized carbons (Fsp3) is 0.250. The minimum absolute atomic E-state index is 0.296. The van der Waals surface area contributed by atoms with E-state index in [4.69, 9.17) is 4.74 Å². The number of pyridine rings is 1. The predicted molar refractivity (Wildman–Crippen MR) is 79.0 cm³/mol. The third-order valence-electron chi connectivity index (χ3n) is 3.55. The van der Waals surface area contributed by atoms with Crippen LogP contribution in [0.1, 0.15) is 28.7 Å². The SMILES string of the molecule is CCOC(=O)c1c(C)nc(C)c2[nH]c3cc(F)ccc3c12. The van der Waals surface area contributed by atoms with Crippen LogP contribution in [0.25, 0.3) is 21.8 Å². The van der Waals surface area contributed by atoms with Crippen molar-refractivity contribution < 1.29 is 13.9 Å². The molecule has 108 valence electrons. The number of halogens is 1. The molecule has 0 aliphatic heterocycles. The number of esters is 1. The van der Waals surface area contributed by atoms with Crippen molar-refractivity contribution in [3.8, 4) is 0 Å². The molecule has 5 heteroatoms. The van der Waals surface area contributed by atoms with Crippen LogP contribution in [0.2, 0.25) is 0 Å². The molecule has 0 spiro atoms. The molecule has 2 aromatic heterocycles. The van der Waals surface area contributed by atoms with E-state index in [9.17, 15) is 9.18 Å². The quantitative estimate of drug-likeness (QED) is 0.732. The summed E-state index contributed by atoms with van der Waals surface area (Å²) in [7, 11) is 0. The van der Waals surface area contributed by atoms with E-state index in [1.165, 1.54) is 12.1 Å². The Morgan fingerprint density at radius 2 is 2.10 bits per heavy atom. The van der Waals surface area contributed by atoms with Crippen molar-refractivity contribution in [1.82, 2.24) is 9.97 Å². The molecule has 0 fully saturated rings. The highest BCUT2D eigenvalue weighted by Gasteiger charge is 2.21. The lowest BCUT2D eigenvalue weighted by Gasteiger charge is -2.08. The normalized spacial score (nSPS) is 11.2. The van der Waals surface area contributed by atoms with Crippen molar-refractivity contribution in [3.63, 3.8) is 0 Å². The van der Waals surface area contributed by atoms with Crippen molar-refractivity contribution in [1.29, 1.82) is 0 Å². The standard InChI is InChI=1S/C16H15FN2O2/c1-4-21-16(20)13-8(2)18-9(3)15-14(13)11-6-5-10(17)7-12(11)19-15/h5-7,19H,4H2,1-3H3. The Morgan fingerprint density at radius 1 is 1.33 bits per heavy atom. The van der Waals surface area contributed by atoms with E-state index >= 15 is 0 Å². The number of fused-ring (bicyclic) bond motifs is 3. The summed E-state index contributed by atoms with van der Waals surface area (Å²) in [6.45, 7) is 5.69. The number of nitrogens with zero attached hydrogens (tertiary/aromatic N) is 1. The molecular weight excluding hydrogens is 271 g/mol. The van der Waals surface area contributed by atoms with Crippen LogP contribution in [0.15, 0.2) is 18.2 Å². The summed E-state index contributed by atoms with van der Waals surface area (Å²) in [5.74, 6) is -0.730. The third-order valence-corrected chi connectivity index (χ3v) is 3.55. The molecule has 0 amide bonds. The molecule has 1 N–H and O–H groups in total. The van der Waals surface area contributed by atoms with Crippen LogP contribution in [0.3, 0.4) is 0 Å². The van der Waals surface area contributed by atoms with Gasteiger partial charge in [-0.15, -0.1) is 0 Å². The summed E-state index contributed by atoms with van der Waals surface area (Å²) in [5, 5.41) is 1.54. The van der Waals surface area contributed by atoms with Crippen LogP contribution in [-0.2, 0) is 4.74 Å². The summed E-state index contributed by atoms with van der Waals surface area (Å²) in [6.07, 6.45) is 0. The first kappa shape index (κ1) is 13.5. The number of aromatic nitrogens is 2. The van der Waals surface area contributed by atoms with Gasteiger partial charge >= 0.3 is 5.97 Å². The average Bonchev–Trinajstić information content (AvgIpc) is 2.78. The van der Waals surface area contributed by atoms with Crippen molar-refractivity contribution in [2.75, 3.05) is 6.61 Å². The number of ether oxygens (including phenoxy) is 1. The molecule has 2 heterocycles. The van der Waals surface area contributed by atoms with Crippen molar-refractivity contribution >= 4 is 27.8 Å². The minimum Gasteiger partial charge on any atom is -0.462 e. The Bertz CT molecular complexity index is 868. The number of rotatable bonds is 2. The number of benzene rings is 1. The maximum absolute atomic E-state index is 13.4. The number of carbonyl (C=O) groups excluding carboxylic acids is 1. The number of nitrogens with one attached hydrogen (secondary N) is 1. The molecule has 1 aromatic carbocycles. The van der Waals surface area contributed by atoms with Gasteiger partial charge in [-0.2, -0.15) is 0 Å². The topological polar surface area (TPSA) is 55.0 Å². The Labute approximate surface area is 120 Å². The monoisotopic (exact) mass is 286 g/mol. The van der Waals surface area contributed by atoms with Gasteiger partial charge in [-0.25, -0.2) is 9.18 Å². The van der Waals surface area contributed by atoms with Gasteiger partial charge in [-0.1, -0.05) is 0 Å². The van der Waals surface area contributed by atoms with Crippen LogP contribution in [0.4, 0.5) is 4.39 Å². The van der Waals surface area contributed by atoms with E-state index in [0.717, 1.165) is 22.0 Å². The van der Waals surface area contributed by atoms with Gasteiger partial charge < -0.3 is 9.72 Å². The van der Waals surface area contributed by atoms with Gasteiger partial charge in [0, 0.05) is 16.3 Å². The third kappa shape index (κ3) is 2.05. The number of hydrogen-bond acceptors (Lipinski definition) is 3. The first-order chi connectivity index (χ1) is 10.0. The van der Waals surface area contributed by atoms with Gasteiger partial charge in [0.05, 0.1) is 29.1 Å². The summed E-state index contributed by atoms with van der Waals surface area (Å²) in [4.78, 5) is 19.8. The molecule has 21 heavy (non-hydrogen) atoms. The second kappa shape index (κ2) is 4.84. The Balaban J connectivity index is 2.46. The molecule has 0 atom stereocenters. The zero-order chi connectivity index (χ0) is 15.1. The number of hydrogen-bond donors (Lipinski definition) is 1. The van der Waals surface area contributed by atoms with E-state index in [-0.39, 0.29) is 5.82 Å². The molecule has 0 bridgehead atoms. The zero-order valence-corrected chi connectivity index (χ0v) is 12.1. The molecule has 0 radical (unpaired) electrons. The lowest BCUT2D eigenvalue weighted by Crippen LogP contribution is -2.09. The molecule has 4 nitrogen and oxygen atoms in total. The average molecular weight is 286 g/mol. The number of carbonyl (C=O) groups is 1. The highest BCUT2D eigenvalue weighted by molar-refractivity contribution is 6.17. The first-order valence-electron chi connectivity index (χ1n) is 6.78. The highest BCUT2D eigenvalue weighted by atomic mass is 19.1. The second-order valence-corrected chi connectivity index (χ2v) is 4.94. The second-order valence-electron chi connectivity index (χ2n) is 4.94. The fourth-order valence-corrected chi connectivity index (χ4v) is 2.70. The number of aromatic amines is 1. The molecule has 3 aromatic rings. The molecule has 0 aliphatic carbocycles. The van der Waals surface area contributed by atoms with Crippen LogP contribution in [-0.4, -0.2) is 22.5 Å². The van der Waals surface area contributed by atoms with Crippen LogP contribution >= 0.6 is 0 Å². The van der Waals surface area contributed by atoms with Crippen LogP contribution in [0, 0.1) is 19.7 Å². The van der Waals surface area contributed by atoms with Gasteiger partial charge in [-0.05, 0) is 39.0 Å². The number of H-pyrrole nitrogens is 1. The summed E-state index contributed by atoms with van der Waals surface area (Å²) in [6, 6.07) is 4.47. The minimum atomic E-state index is -0.405. The van der Waals surface area contributed by atoms with Gasteiger partial charge in [-0.3, -0.25) is 4.98 Å². The maximum atomic E-state index is 13.4. The van der Waals surface area contributed by atoms with Gasteiger partial charge in [0.1, 0.15) is 5.82 Å². The van der Waals surface area contributed by atoms with Crippen LogP contribution < -0.4 is 0 Å². The van der Waals surface area contributed by atoms with Gasteiger partial charge in [0.2, 0.25) is 0 Å². The lowest BCUT2D eigenvalue weighted by molar-refractivity contribution is 0.0527. The Morgan fingerprint density at radius 3 is 2.81 bits per heavy atom. The van der Waals surface area contributed by atoms with E-state index in [0.29, 0.717) is 23.4 Å². The van der Waals surface area contributed by atoms with E-state index in [1.807, 2.05) is 6.92 Å². The molecule has 3 rings (SSSR count). The predicted octanol–water partition coefficient (Wildman–Crippen LogP) is 3.65. The van der Waals surface area contributed by atoms with Crippen molar-refractivity contribution in [2.24, 2.45) is 0 Å².